The van der Waals surface area contributed by atoms with E-state index in [4.69, 9.17) is 21.1 Å². The molecule has 40 heavy (non-hydrogen) atoms. The zero-order valence-corrected chi connectivity index (χ0v) is 24.3. The van der Waals surface area contributed by atoms with Crippen molar-refractivity contribution < 1.29 is 23.9 Å². The molecule has 2 aromatic rings. The number of fused-ring (bicyclic) bond motifs is 2. The van der Waals surface area contributed by atoms with E-state index in [-0.39, 0.29) is 24.3 Å². The molecule has 0 saturated carbocycles. The molecule has 0 bridgehead atoms. The van der Waals surface area contributed by atoms with Crippen molar-refractivity contribution in [3.8, 4) is 5.75 Å². The summed E-state index contributed by atoms with van der Waals surface area (Å²) in [5.41, 5.74) is 3.83. The van der Waals surface area contributed by atoms with Gasteiger partial charge in [-0.05, 0) is 80.6 Å². The first-order chi connectivity index (χ1) is 19.5. The van der Waals surface area contributed by atoms with E-state index in [0.717, 1.165) is 62.2 Å². The SMILES string of the molecule is CCN(CCCCCOc1cccc2c1CN(C(CCC=O)C(=O)NC)C2=O)CC[C@@H]1OCc2ccc(Cl)cc21. The van der Waals surface area contributed by atoms with Crippen molar-refractivity contribution in [1.82, 2.24) is 15.1 Å². The molecule has 2 aliphatic heterocycles. The van der Waals surface area contributed by atoms with Crippen molar-refractivity contribution >= 4 is 29.7 Å². The van der Waals surface area contributed by atoms with Crippen LogP contribution in [0, 0.1) is 0 Å². The lowest BCUT2D eigenvalue weighted by molar-refractivity contribution is -0.125. The van der Waals surface area contributed by atoms with Crippen molar-refractivity contribution in [3.05, 3.63) is 63.7 Å². The fourth-order valence-electron chi connectivity index (χ4n) is 5.57. The summed E-state index contributed by atoms with van der Waals surface area (Å²) in [7, 11) is 1.54. The van der Waals surface area contributed by atoms with Crippen LogP contribution in [-0.4, -0.2) is 67.2 Å². The fourth-order valence-corrected chi connectivity index (χ4v) is 5.75. The molecule has 2 aromatic carbocycles. The molecule has 0 saturated heterocycles. The van der Waals surface area contributed by atoms with E-state index in [1.807, 2.05) is 24.3 Å². The summed E-state index contributed by atoms with van der Waals surface area (Å²) in [6.07, 6.45) is 5.39. The number of unbranched alkanes of at least 4 members (excludes halogenated alkanes) is 2. The second-order valence-electron chi connectivity index (χ2n) is 10.4. The smallest absolute Gasteiger partial charge is 0.255 e. The highest BCUT2D eigenvalue weighted by atomic mass is 35.5. The number of rotatable bonds is 16. The van der Waals surface area contributed by atoms with E-state index in [2.05, 4.69) is 23.2 Å². The number of carbonyl (C=O) groups excluding carboxylic acids is 3. The third kappa shape index (κ3) is 7.22. The van der Waals surface area contributed by atoms with Crippen LogP contribution in [0.15, 0.2) is 36.4 Å². The van der Waals surface area contributed by atoms with Gasteiger partial charge in [-0.15, -0.1) is 0 Å². The summed E-state index contributed by atoms with van der Waals surface area (Å²) in [6, 6.07) is 10.8. The summed E-state index contributed by atoms with van der Waals surface area (Å²) < 4.78 is 12.1. The third-order valence-corrected chi connectivity index (χ3v) is 8.10. The van der Waals surface area contributed by atoms with Gasteiger partial charge in [0, 0.05) is 36.2 Å². The quantitative estimate of drug-likeness (QED) is 0.228. The highest BCUT2D eigenvalue weighted by Gasteiger charge is 2.37. The van der Waals surface area contributed by atoms with Crippen LogP contribution >= 0.6 is 11.6 Å². The highest BCUT2D eigenvalue weighted by Crippen LogP contribution is 2.35. The standard InChI is InChI=1S/C31H40ClN3O5/c1-3-34(16-14-29-25-19-23(32)13-12-22(25)21-40-29)15-5-4-6-18-39-28-11-7-9-24-26(28)20-35(31(24)38)27(10-8-17-36)30(37)33-2/h7,9,11-13,17,19,27,29H,3-6,8,10,14-16,18,20-21H2,1-2H3,(H,33,37)/t27?,29-/m0/s1. The Labute approximate surface area is 241 Å². The molecule has 216 valence electrons. The summed E-state index contributed by atoms with van der Waals surface area (Å²) in [5, 5.41) is 3.37. The van der Waals surface area contributed by atoms with Gasteiger partial charge in [0.15, 0.2) is 0 Å². The average molecular weight is 570 g/mol. The molecule has 0 radical (unpaired) electrons. The summed E-state index contributed by atoms with van der Waals surface area (Å²) in [5.74, 6) is 0.220. The molecule has 2 aliphatic rings. The molecule has 0 fully saturated rings. The largest absolute Gasteiger partial charge is 0.493 e. The molecule has 0 aromatic heterocycles. The Bertz CT molecular complexity index is 1190. The number of aldehydes is 1. The normalized spacial score (nSPS) is 16.6. The van der Waals surface area contributed by atoms with Crippen molar-refractivity contribution in [1.29, 1.82) is 0 Å². The number of amides is 2. The minimum absolute atomic E-state index is 0.114. The molecule has 2 atom stereocenters. The van der Waals surface area contributed by atoms with Gasteiger partial charge in [0.2, 0.25) is 5.91 Å². The molecule has 8 nitrogen and oxygen atoms in total. The van der Waals surface area contributed by atoms with E-state index in [9.17, 15) is 14.4 Å². The van der Waals surface area contributed by atoms with Gasteiger partial charge in [-0.2, -0.15) is 0 Å². The predicted octanol–water partition coefficient (Wildman–Crippen LogP) is 4.92. The molecular formula is C31H40ClN3O5. The molecule has 0 spiro atoms. The Morgan fingerprint density at radius 2 is 2.10 bits per heavy atom. The number of halogens is 1. The average Bonchev–Trinajstić information content (AvgIpc) is 3.52. The maximum Gasteiger partial charge on any atom is 0.255 e. The van der Waals surface area contributed by atoms with Crippen molar-refractivity contribution in [2.45, 2.75) is 70.7 Å². The third-order valence-electron chi connectivity index (χ3n) is 7.86. The van der Waals surface area contributed by atoms with Crippen LogP contribution < -0.4 is 10.1 Å². The lowest BCUT2D eigenvalue weighted by Gasteiger charge is -2.25. The first-order valence-corrected chi connectivity index (χ1v) is 14.7. The zero-order chi connectivity index (χ0) is 28.5. The zero-order valence-electron chi connectivity index (χ0n) is 23.5. The summed E-state index contributed by atoms with van der Waals surface area (Å²) in [6.45, 7) is 6.72. The second-order valence-corrected chi connectivity index (χ2v) is 10.8. The van der Waals surface area contributed by atoms with Crippen molar-refractivity contribution in [2.75, 3.05) is 33.3 Å². The summed E-state index contributed by atoms with van der Waals surface area (Å²) in [4.78, 5) is 40.4. The molecule has 4 rings (SSSR count). The Balaban J connectivity index is 1.21. The monoisotopic (exact) mass is 569 g/mol. The van der Waals surface area contributed by atoms with E-state index in [1.54, 1.807) is 11.0 Å². The molecule has 2 heterocycles. The van der Waals surface area contributed by atoms with Crippen LogP contribution in [0.2, 0.25) is 5.02 Å². The van der Waals surface area contributed by atoms with Gasteiger partial charge in [0.05, 0.1) is 25.9 Å². The van der Waals surface area contributed by atoms with Crippen LogP contribution in [0.25, 0.3) is 0 Å². The van der Waals surface area contributed by atoms with Crippen molar-refractivity contribution in [3.63, 3.8) is 0 Å². The molecular weight excluding hydrogens is 530 g/mol. The Morgan fingerprint density at radius 1 is 1.25 bits per heavy atom. The summed E-state index contributed by atoms with van der Waals surface area (Å²) >= 11 is 6.20. The van der Waals surface area contributed by atoms with Gasteiger partial charge in [-0.25, -0.2) is 0 Å². The predicted molar refractivity (Wildman–Crippen MR) is 155 cm³/mol. The maximum atomic E-state index is 13.1. The van der Waals surface area contributed by atoms with E-state index < -0.39 is 6.04 Å². The van der Waals surface area contributed by atoms with Gasteiger partial charge in [0.1, 0.15) is 18.1 Å². The number of nitrogens with one attached hydrogen (secondary N) is 1. The minimum atomic E-state index is -0.683. The highest BCUT2D eigenvalue weighted by molar-refractivity contribution is 6.30. The van der Waals surface area contributed by atoms with Gasteiger partial charge in [-0.1, -0.05) is 30.7 Å². The molecule has 0 aliphatic carbocycles. The minimum Gasteiger partial charge on any atom is -0.493 e. The van der Waals surface area contributed by atoms with Crippen LogP contribution in [0.4, 0.5) is 0 Å². The number of carbonyl (C=O) groups is 3. The van der Waals surface area contributed by atoms with Gasteiger partial charge in [-0.3, -0.25) is 9.59 Å². The lowest BCUT2D eigenvalue weighted by Crippen LogP contribution is -2.46. The Hall–Kier alpha value is -2.94. The first kappa shape index (κ1) is 30.0. The fraction of sp³-hybridized carbons (Fsp3) is 0.516. The van der Waals surface area contributed by atoms with Crippen LogP contribution in [0.5, 0.6) is 5.75 Å². The first-order valence-electron chi connectivity index (χ1n) is 14.3. The number of nitrogens with zero attached hydrogens (tertiary/aromatic N) is 2. The van der Waals surface area contributed by atoms with Gasteiger partial charge >= 0.3 is 0 Å². The Morgan fingerprint density at radius 3 is 2.88 bits per heavy atom. The van der Waals surface area contributed by atoms with Gasteiger partial charge in [0.25, 0.3) is 5.91 Å². The lowest BCUT2D eigenvalue weighted by atomic mass is 10.0. The molecule has 9 heteroatoms. The van der Waals surface area contributed by atoms with Crippen LogP contribution in [0.3, 0.4) is 0 Å². The number of hydrogen-bond donors (Lipinski definition) is 1. The molecule has 2 amide bonds. The maximum absolute atomic E-state index is 13.1. The number of ether oxygens (including phenoxy) is 2. The Kier molecular flexibility index (Phi) is 11.0. The van der Waals surface area contributed by atoms with E-state index >= 15 is 0 Å². The molecule has 1 N–H and O–H groups in total. The topological polar surface area (TPSA) is 88.2 Å². The van der Waals surface area contributed by atoms with Crippen LogP contribution in [0.1, 0.15) is 78.6 Å². The van der Waals surface area contributed by atoms with E-state index in [1.165, 1.54) is 18.2 Å². The number of benzene rings is 2. The van der Waals surface area contributed by atoms with Crippen molar-refractivity contribution in [2.24, 2.45) is 0 Å². The molecule has 1 unspecified atom stereocenters. The number of hydrogen-bond acceptors (Lipinski definition) is 6. The van der Waals surface area contributed by atoms with E-state index in [0.29, 0.717) is 37.5 Å². The van der Waals surface area contributed by atoms with Crippen LogP contribution in [-0.2, 0) is 27.5 Å². The number of likely N-dealkylation sites (N-methyl/N-ethyl adjacent to an activating group) is 1. The second kappa shape index (κ2) is 14.6. The van der Waals surface area contributed by atoms with Gasteiger partial charge < -0.3 is 29.4 Å².